The molecule has 8 heteroatoms. The van der Waals surface area contributed by atoms with Crippen LogP contribution >= 0.6 is 0 Å². The average Bonchev–Trinajstić information content (AvgIpc) is 3.01. The summed E-state index contributed by atoms with van der Waals surface area (Å²) < 4.78 is 40.2. The first kappa shape index (κ1) is 15.7. The number of nitrogens with zero attached hydrogens (tertiary/aromatic N) is 3. The number of aromatic nitrogens is 3. The lowest BCUT2D eigenvalue weighted by atomic mass is 10.1. The predicted molar refractivity (Wildman–Crippen MR) is 80.3 cm³/mol. The molecule has 2 aromatic heterocycles. The highest BCUT2D eigenvalue weighted by Gasteiger charge is 2.35. The third-order valence-electron chi connectivity index (χ3n) is 3.35. The first-order valence-corrected chi connectivity index (χ1v) is 6.84. The van der Waals surface area contributed by atoms with Gasteiger partial charge in [-0.3, -0.25) is 9.78 Å². The number of rotatable bonds is 3. The molecule has 0 saturated heterocycles. The third-order valence-corrected chi connectivity index (χ3v) is 3.35. The fourth-order valence-corrected chi connectivity index (χ4v) is 2.20. The van der Waals surface area contributed by atoms with Crippen molar-refractivity contribution in [2.24, 2.45) is 5.73 Å². The van der Waals surface area contributed by atoms with E-state index in [1.165, 1.54) is 36.7 Å². The van der Waals surface area contributed by atoms with Crippen LogP contribution in [-0.2, 0) is 6.18 Å². The van der Waals surface area contributed by atoms with Crippen LogP contribution in [-0.4, -0.2) is 20.7 Å². The van der Waals surface area contributed by atoms with Crippen molar-refractivity contribution in [1.29, 1.82) is 0 Å². The summed E-state index contributed by atoms with van der Waals surface area (Å²) in [7, 11) is 0. The number of amides is 1. The Morgan fingerprint density at radius 3 is 2.38 bits per heavy atom. The summed E-state index contributed by atoms with van der Waals surface area (Å²) in [5, 5.41) is 3.65. The zero-order chi connectivity index (χ0) is 17.3. The van der Waals surface area contributed by atoms with Gasteiger partial charge in [0.2, 0.25) is 5.91 Å². The number of alkyl halides is 3. The van der Waals surface area contributed by atoms with Crippen LogP contribution in [0.2, 0.25) is 0 Å². The molecule has 3 rings (SSSR count). The topological polar surface area (TPSA) is 73.8 Å². The Hall–Kier alpha value is -3.16. The van der Waals surface area contributed by atoms with E-state index in [0.29, 0.717) is 11.3 Å². The van der Waals surface area contributed by atoms with Gasteiger partial charge in [-0.05, 0) is 42.5 Å². The van der Waals surface area contributed by atoms with E-state index >= 15 is 0 Å². The summed E-state index contributed by atoms with van der Waals surface area (Å²) in [5.41, 5.74) is 5.50. The molecule has 0 bridgehead atoms. The number of hydrogen-bond acceptors (Lipinski definition) is 3. The maximum Gasteiger partial charge on any atom is 0.435 e. The number of carbonyl (C=O) groups is 1. The Kier molecular flexibility index (Phi) is 3.80. The van der Waals surface area contributed by atoms with E-state index in [1.807, 2.05) is 0 Å². The second kappa shape index (κ2) is 5.80. The second-order valence-corrected chi connectivity index (χ2v) is 4.98. The molecule has 0 atom stereocenters. The van der Waals surface area contributed by atoms with E-state index in [0.717, 1.165) is 10.7 Å². The van der Waals surface area contributed by atoms with Gasteiger partial charge in [-0.15, -0.1) is 0 Å². The number of benzene rings is 1. The molecule has 1 aromatic carbocycles. The fourth-order valence-electron chi connectivity index (χ4n) is 2.20. The molecular formula is C16H11F3N4O. The molecule has 5 nitrogen and oxygen atoms in total. The maximum atomic E-state index is 13.0. The summed E-state index contributed by atoms with van der Waals surface area (Å²) >= 11 is 0. The van der Waals surface area contributed by atoms with Gasteiger partial charge in [0.1, 0.15) is 0 Å². The van der Waals surface area contributed by atoms with Gasteiger partial charge in [0.05, 0.1) is 11.4 Å². The molecule has 0 aliphatic heterocycles. The van der Waals surface area contributed by atoms with Gasteiger partial charge >= 0.3 is 6.18 Å². The lowest BCUT2D eigenvalue weighted by Crippen LogP contribution is -2.11. The van der Waals surface area contributed by atoms with Crippen LogP contribution < -0.4 is 5.73 Å². The van der Waals surface area contributed by atoms with Gasteiger partial charge in [-0.2, -0.15) is 18.3 Å². The van der Waals surface area contributed by atoms with Crippen molar-refractivity contribution in [2.45, 2.75) is 6.18 Å². The van der Waals surface area contributed by atoms with Crippen LogP contribution in [0.5, 0.6) is 0 Å². The van der Waals surface area contributed by atoms with Crippen LogP contribution in [0.1, 0.15) is 16.1 Å². The Balaban J connectivity index is 2.15. The predicted octanol–water partition coefficient (Wildman–Crippen LogP) is 3.05. The maximum absolute atomic E-state index is 13.0. The molecule has 122 valence electrons. The highest BCUT2D eigenvalue weighted by atomic mass is 19.4. The number of halogens is 3. The van der Waals surface area contributed by atoms with Gasteiger partial charge in [0.15, 0.2) is 5.69 Å². The molecule has 0 unspecified atom stereocenters. The highest BCUT2D eigenvalue weighted by molar-refractivity contribution is 5.92. The zero-order valence-corrected chi connectivity index (χ0v) is 12.2. The smallest absolute Gasteiger partial charge is 0.366 e. The van der Waals surface area contributed by atoms with Crippen molar-refractivity contribution in [2.75, 3.05) is 0 Å². The molecule has 0 spiro atoms. The van der Waals surface area contributed by atoms with E-state index in [-0.39, 0.29) is 11.3 Å². The van der Waals surface area contributed by atoms with Crippen LogP contribution in [0.4, 0.5) is 13.2 Å². The first-order chi connectivity index (χ1) is 11.4. The number of hydrogen-bond donors (Lipinski definition) is 1. The van der Waals surface area contributed by atoms with Crippen LogP contribution in [0.15, 0.2) is 54.9 Å². The average molecular weight is 332 g/mol. The molecule has 0 fully saturated rings. The van der Waals surface area contributed by atoms with E-state index < -0.39 is 17.8 Å². The molecule has 24 heavy (non-hydrogen) atoms. The molecule has 0 saturated carbocycles. The number of carbonyl (C=O) groups excluding carboxylic acids is 1. The molecular weight excluding hydrogens is 321 g/mol. The van der Waals surface area contributed by atoms with Crippen molar-refractivity contribution < 1.29 is 18.0 Å². The van der Waals surface area contributed by atoms with Crippen molar-refractivity contribution in [3.8, 4) is 16.9 Å². The summed E-state index contributed by atoms with van der Waals surface area (Å²) in [4.78, 5) is 15.0. The van der Waals surface area contributed by atoms with Gasteiger partial charge in [0.25, 0.3) is 0 Å². The van der Waals surface area contributed by atoms with Crippen molar-refractivity contribution in [3.05, 3.63) is 66.1 Å². The minimum absolute atomic E-state index is 0.238. The molecule has 1 amide bonds. The standard InChI is InChI=1S/C16H11F3N4O/c17-16(18,19)14-8-13(11-2-1-7-21-9-11)23(22-14)12-5-3-10(4-6-12)15(20)24/h1-9H,(H2,20,24). The lowest BCUT2D eigenvalue weighted by molar-refractivity contribution is -0.141. The minimum atomic E-state index is -4.57. The van der Waals surface area contributed by atoms with Crippen molar-refractivity contribution in [3.63, 3.8) is 0 Å². The van der Waals surface area contributed by atoms with Crippen LogP contribution in [0.25, 0.3) is 16.9 Å². The summed E-state index contributed by atoms with van der Waals surface area (Å²) in [5.74, 6) is -0.620. The lowest BCUT2D eigenvalue weighted by Gasteiger charge is -2.08. The van der Waals surface area contributed by atoms with Gasteiger partial charge in [-0.1, -0.05) is 0 Å². The molecule has 0 radical (unpaired) electrons. The largest absolute Gasteiger partial charge is 0.435 e. The third kappa shape index (κ3) is 2.98. The van der Waals surface area contributed by atoms with E-state index in [4.69, 9.17) is 5.73 Å². The molecule has 2 N–H and O–H groups in total. The van der Waals surface area contributed by atoms with E-state index in [1.54, 1.807) is 12.1 Å². The van der Waals surface area contributed by atoms with Gasteiger partial charge in [0, 0.05) is 23.5 Å². The number of pyridine rings is 1. The van der Waals surface area contributed by atoms with Crippen molar-refractivity contribution in [1.82, 2.24) is 14.8 Å². The molecule has 2 heterocycles. The monoisotopic (exact) mass is 332 g/mol. The Morgan fingerprint density at radius 1 is 1.12 bits per heavy atom. The summed E-state index contributed by atoms with van der Waals surface area (Å²) in [6, 6.07) is 10.0. The highest BCUT2D eigenvalue weighted by Crippen LogP contribution is 2.32. The SMILES string of the molecule is NC(=O)c1ccc(-n2nc(C(F)(F)F)cc2-c2cccnc2)cc1. The first-order valence-electron chi connectivity index (χ1n) is 6.84. The van der Waals surface area contributed by atoms with Crippen LogP contribution in [0.3, 0.4) is 0 Å². The van der Waals surface area contributed by atoms with Gasteiger partial charge in [-0.25, -0.2) is 4.68 Å². The molecule has 3 aromatic rings. The van der Waals surface area contributed by atoms with Crippen LogP contribution in [0, 0.1) is 0 Å². The van der Waals surface area contributed by atoms with E-state index in [9.17, 15) is 18.0 Å². The molecule has 0 aliphatic rings. The van der Waals surface area contributed by atoms with E-state index in [2.05, 4.69) is 10.1 Å². The minimum Gasteiger partial charge on any atom is -0.366 e. The fraction of sp³-hybridized carbons (Fsp3) is 0.0625. The number of primary amides is 1. The van der Waals surface area contributed by atoms with Gasteiger partial charge < -0.3 is 5.73 Å². The Morgan fingerprint density at radius 2 is 1.83 bits per heavy atom. The summed E-state index contributed by atoms with van der Waals surface area (Å²) in [6.07, 6.45) is -1.60. The number of nitrogens with two attached hydrogens (primary N) is 1. The van der Waals surface area contributed by atoms with Crippen molar-refractivity contribution >= 4 is 5.91 Å². The second-order valence-electron chi connectivity index (χ2n) is 4.98. The molecule has 0 aliphatic carbocycles. The summed E-state index contributed by atoms with van der Waals surface area (Å²) in [6.45, 7) is 0. The Bertz CT molecular complexity index is 871. The zero-order valence-electron chi connectivity index (χ0n) is 12.2. The Labute approximate surface area is 134 Å². The normalized spacial score (nSPS) is 11.5. The quantitative estimate of drug-likeness (QED) is 0.801.